The van der Waals surface area contributed by atoms with E-state index in [0.717, 1.165) is 6.42 Å². The molecule has 1 N–H and O–H groups in total. The van der Waals surface area contributed by atoms with Gasteiger partial charge in [-0.05, 0) is 30.8 Å². The Morgan fingerprint density at radius 3 is 2.67 bits per heavy atom. The molecule has 2 nitrogen and oxygen atoms in total. The first-order valence-corrected chi connectivity index (χ1v) is 6.70. The number of rotatable bonds is 5. The largest absolute Gasteiger partial charge is 0.317 e. The van der Waals surface area contributed by atoms with Crippen molar-refractivity contribution in [2.24, 2.45) is 5.92 Å². The lowest BCUT2D eigenvalue weighted by molar-refractivity contribution is 0.439. The van der Waals surface area contributed by atoms with Crippen LogP contribution in [-0.2, 0) is 6.42 Å². The molecule has 2 aromatic rings. The van der Waals surface area contributed by atoms with Crippen LogP contribution in [0.25, 0.3) is 10.8 Å². The molecule has 18 heavy (non-hydrogen) atoms. The van der Waals surface area contributed by atoms with Crippen LogP contribution in [0.2, 0.25) is 0 Å². The van der Waals surface area contributed by atoms with E-state index >= 15 is 0 Å². The number of nitrogens with one attached hydrogen (secondary N) is 1. The van der Waals surface area contributed by atoms with E-state index in [1.54, 1.807) is 0 Å². The van der Waals surface area contributed by atoms with Gasteiger partial charge in [0, 0.05) is 29.7 Å². The first-order valence-electron chi connectivity index (χ1n) is 6.70. The first-order chi connectivity index (χ1) is 8.70. The van der Waals surface area contributed by atoms with Gasteiger partial charge in [0.25, 0.3) is 0 Å². The molecule has 96 valence electrons. The summed E-state index contributed by atoms with van der Waals surface area (Å²) in [6, 6.07) is 11.1. The van der Waals surface area contributed by atoms with Gasteiger partial charge >= 0.3 is 0 Å². The minimum Gasteiger partial charge on any atom is -0.317 e. The van der Waals surface area contributed by atoms with E-state index in [1.807, 2.05) is 13.2 Å². The normalized spacial score (nSPS) is 13.1. The van der Waals surface area contributed by atoms with Crippen LogP contribution in [0.1, 0.15) is 26.0 Å². The molecule has 1 aromatic carbocycles. The van der Waals surface area contributed by atoms with Crippen molar-refractivity contribution in [2.45, 2.75) is 32.7 Å². The standard InChI is InChI=1S/C16H22N2/c1-12(2)10-14(17-3)11-16-15-7-5-4-6-13(15)8-9-18-16/h4-9,12,14,17H,10-11H2,1-3H3. The number of hydrogen-bond acceptors (Lipinski definition) is 2. The van der Waals surface area contributed by atoms with Gasteiger partial charge in [0.15, 0.2) is 0 Å². The molecular formula is C16H22N2. The average molecular weight is 242 g/mol. The van der Waals surface area contributed by atoms with Crippen molar-refractivity contribution in [3.05, 3.63) is 42.2 Å². The number of hydrogen-bond donors (Lipinski definition) is 1. The van der Waals surface area contributed by atoms with Crippen LogP contribution in [0, 0.1) is 5.92 Å². The van der Waals surface area contributed by atoms with Crippen LogP contribution >= 0.6 is 0 Å². The Kier molecular flexibility index (Phi) is 4.32. The second-order valence-corrected chi connectivity index (χ2v) is 5.30. The molecule has 0 saturated carbocycles. The summed E-state index contributed by atoms with van der Waals surface area (Å²) in [5.41, 5.74) is 1.20. The predicted octanol–water partition coefficient (Wildman–Crippen LogP) is 3.41. The fourth-order valence-corrected chi connectivity index (χ4v) is 2.45. The smallest absolute Gasteiger partial charge is 0.0497 e. The Labute approximate surface area is 109 Å². The summed E-state index contributed by atoms with van der Waals surface area (Å²) in [7, 11) is 2.04. The maximum atomic E-state index is 4.56. The molecule has 0 fully saturated rings. The predicted molar refractivity (Wildman–Crippen MR) is 77.7 cm³/mol. The minimum absolute atomic E-state index is 0.503. The first kappa shape index (κ1) is 13.0. The fraction of sp³-hybridized carbons (Fsp3) is 0.438. The monoisotopic (exact) mass is 242 g/mol. The van der Waals surface area contributed by atoms with Gasteiger partial charge in [0.05, 0.1) is 0 Å². The lowest BCUT2D eigenvalue weighted by Crippen LogP contribution is -2.29. The molecule has 1 atom stereocenters. The van der Waals surface area contributed by atoms with Crippen LogP contribution in [-0.4, -0.2) is 18.1 Å². The number of nitrogens with zero attached hydrogens (tertiary/aromatic N) is 1. The number of benzene rings is 1. The number of aromatic nitrogens is 1. The molecule has 0 bridgehead atoms. The highest BCUT2D eigenvalue weighted by atomic mass is 14.9. The van der Waals surface area contributed by atoms with Crippen molar-refractivity contribution in [1.29, 1.82) is 0 Å². The van der Waals surface area contributed by atoms with Crippen molar-refractivity contribution in [2.75, 3.05) is 7.05 Å². The second-order valence-electron chi connectivity index (χ2n) is 5.30. The molecule has 0 spiro atoms. The van der Waals surface area contributed by atoms with Gasteiger partial charge in [-0.15, -0.1) is 0 Å². The zero-order valence-electron chi connectivity index (χ0n) is 11.5. The quantitative estimate of drug-likeness (QED) is 0.869. The minimum atomic E-state index is 0.503. The molecule has 0 aliphatic heterocycles. The van der Waals surface area contributed by atoms with Gasteiger partial charge in [0.1, 0.15) is 0 Å². The highest BCUT2D eigenvalue weighted by Crippen LogP contribution is 2.19. The summed E-state index contributed by atoms with van der Waals surface area (Å²) in [5.74, 6) is 0.706. The highest BCUT2D eigenvalue weighted by Gasteiger charge is 2.12. The van der Waals surface area contributed by atoms with E-state index < -0.39 is 0 Å². The second kappa shape index (κ2) is 5.96. The number of fused-ring (bicyclic) bond motifs is 1. The Morgan fingerprint density at radius 2 is 1.94 bits per heavy atom. The third-order valence-corrected chi connectivity index (χ3v) is 3.36. The van der Waals surface area contributed by atoms with E-state index in [-0.39, 0.29) is 0 Å². The van der Waals surface area contributed by atoms with E-state index in [2.05, 4.69) is 54.5 Å². The molecular weight excluding hydrogens is 220 g/mol. The molecule has 1 heterocycles. The van der Waals surface area contributed by atoms with Gasteiger partial charge < -0.3 is 5.32 Å². The maximum Gasteiger partial charge on any atom is 0.0497 e. The lowest BCUT2D eigenvalue weighted by Gasteiger charge is -2.18. The molecule has 0 aliphatic rings. The summed E-state index contributed by atoms with van der Waals surface area (Å²) in [6.07, 6.45) is 4.09. The van der Waals surface area contributed by atoms with Crippen LogP contribution in [0.3, 0.4) is 0 Å². The van der Waals surface area contributed by atoms with Crippen LogP contribution in [0.5, 0.6) is 0 Å². The molecule has 2 heteroatoms. The van der Waals surface area contributed by atoms with E-state index in [1.165, 1.54) is 22.9 Å². The summed E-state index contributed by atoms with van der Waals surface area (Å²) >= 11 is 0. The van der Waals surface area contributed by atoms with E-state index in [4.69, 9.17) is 0 Å². The van der Waals surface area contributed by atoms with E-state index in [0.29, 0.717) is 12.0 Å². The highest BCUT2D eigenvalue weighted by molar-refractivity contribution is 5.84. The summed E-state index contributed by atoms with van der Waals surface area (Å²) in [4.78, 5) is 4.56. The van der Waals surface area contributed by atoms with Crippen LogP contribution < -0.4 is 5.32 Å². The molecule has 0 saturated heterocycles. The molecule has 0 aliphatic carbocycles. The van der Waals surface area contributed by atoms with Crippen molar-refractivity contribution in [3.8, 4) is 0 Å². The Morgan fingerprint density at radius 1 is 1.17 bits per heavy atom. The Balaban J connectivity index is 2.25. The number of pyridine rings is 1. The van der Waals surface area contributed by atoms with Crippen molar-refractivity contribution < 1.29 is 0 Å². The van der Waals surface area contributed by atoms with Crippen LogP contribution in [0.4, 0.5) is 0 Å². The van der Waals surface area contributed by atoms with Gasteiger partial charge in [-0.3, -0.25) is 4.98 Å². The third kappa shape index (κ3) is 3.08. The average Bonchev–Trinajstić information content (AvgIpc) is 2.38. The van der Waals surface area contributed by atoms with Gasteiger partial charge in [-0.2, -0.15) is 0 Å². The van der Waals surface area contributed by atoms with E-state index in [9.17, 15) is 0 Å². The summed E-state index contributed by atoms with van der Waals surface area (Å²) in [5, 5.41) is 5.97. The van der Waals surface area contributed by atoms with Crippen LogP contribution in [0.15, 0.2) is 36.5 Å². The number of likely N-dealkylation sites (N-methyl/N-ethyl adjacent to an activating group) is 1. The molecule has 2 rings (SSSR count). The molecule has 0 radical (unpaired) electrons. The summed E-state index contributed by atoms with van der Waals surface area (Å²) < 4.78 is 0. The Bertz CT molecular complexity index is 500. The zero-order chi connectivity index (χ0) is 13.0. The molecule has 1 aromatic heterocycles. The molecule has 0 amide bonds. The van der Waals surface area contributed by atoms with Crippen molar-refractivity contribution in [3.63, 3.8) is 0 Å². The summed E-state index contributed by atoms with van der Waals surface area (Å²) in [6.45, 7) is 4.53. The van der Waals surface area contributed by atoms with Gasteiger partial charge in [-0.25, -0.2) is 0 Å². The van der Waals surface area contributed by atoms with Crippen molar-refractivity contribution >= 4 is 10.8 Å². The van der Waals surface area contributed by atoms with Crippen molar-refractivity contribution in [1.82, 2.24) is 10.3 Å². The Hall–Kier alpha value is -1.41. The van der Waals surface area contributed by atoms with Gasteiger partial charge in [0.2, 0.25) is 0 Å². The lowest BCUT2D eigenvalue weighted by atomic mass is 9.97. The topological polar surface area (TPSA) is 24.9 Å². The fourth-order valence-electron chi connectivity index (χ4n) is 2.45. The maximum absolute atomic E-state index is 4.56. The molecule has 1 unspecified atom stereocenters. The van der Waals surface area contributed by atoms with Gasteiger partial charge in [-0.1, -0.05) is 38.1 Å². The SMILES string of the molecule is CNC(Cc1nccc2ccccc12)CC(C)C. The zero-order valence-corrected chi connectivity index (χ0v) is 11.5. The third-order valence-electron chi connectivity index (χ3n) is 3.36.